The minimum Gasteiger partial charge on any atom is -0.450 e. The van der Waals surface area contributed by atoms with Crippen LogP contribution in [-0.4, -0.2) is 64.4 Å². The molecule has 1 saturated heterocycles. The number of aromatic nitrogens is 2. The van der Waals surface area contributed by atoms with Gasteiger partial charge in [-0.1, -0.05) is 17.7 Å². The molecule has 0 saturated carbocycles. The van der Waals surface area contributed by atoms with Crippen LogP contribution in [0.3, 0.4) is 0 Å². The lowest BCUT2D eigenvalue weighted by atomic mass is 10.3. The van der Waals surface area contributed by atoms with Crippen molar-refractivity contribution in [2.75, 3.05) is 32.8 Å². The molecule has 25 heavy (non-hydrogen) atoms. The summed E-state index contributed by atoms with van der Waals surface area (Å²) in [6.45, 7) is 3.95. The fraction of sp³-hybridized carbons (Fsp3) is 0.353. The molecule has 0 spiro atoms. The predicted molar refractivity (Wildman–Crippen MR) is 93.1 cm³/mol. The Morgan fingerprint density at radius 1 is 1.16 bits per heavy atom. The Morgan fingerprint density at radius 2 is 1.88 bits per heavy atom. The van der Waals surface area contributed by atoms with Crippen LogP contribution in [0.1, 0.15) is 17.4 Å². The third kappa shape index (κ3) is 3.93. The summed E-state index contributed by atoms with van der Waals surface area (Å²) < 4.78 is 6.60. The first kappa shape index (κ1) is 17.3. The molecule has 132 valence electrons. The highest BCUT2D eigenvalue weighted by Gasteiger charge is 2.26. The van der Waals surface area contributed by atoms with Gasteiger partial charge >= 0.3 is 6.09 Å². The average Bonchev–Trinajstić information content (AvgIpc) is 3.11. The number of carbonyl (C=O) groups is 2. The fourth-order valence-corrected chi connectivity index (χ4v) is 2.85. The van der Waals surface area contributed by atoms with Crippen molar-refractivity contribution < 1.29 is 14.3 Å². The molecule has 1 aliphatic heterocycles. The van der Waals surface area contributed by atoms with Crippen LogP contribution in [0.2, 0.25) is 5.02 Å². The summed E-state index contributed by atoms with van der Waals surface area (Å²) in [7, 11) is 0. The van der Waals surface area contributed by atoms with Crippen LogP contribution in [0.25, 0.3) is 5.69 Å². The molecule has 0 bridgehead atoms. The second-order valence-corrected chi connectivity index (χ2v) is 6.04. The zero-order valence-corrected chi connectivity index (χ0v) is 14.6. The van der Waals surface area contributed by atoms with E-state index in [0.29, 0.717) is 43.5 Å². The Balaban J connectivity index is 1.64. The second-order valence-electron chi connectivity index (χ2n) is 5.60. The van der Waals surface area contributed by atoms with E-state index in [4.69, 9.17) is 16.3 Å². The van der Waals surface area contributed by atoms with Gasteiger partial charge in [0.1, 0.15) is 0 Å². The largest absolute Gasteiger partial charge is 0.450 e. The number of halogens is 1. The van der Waals surface area contributed by atoms with E-state index in [9.17, 15) is 9.59 Å². The molecule has 2 heterocycles. The van der Waals surface area contributed by atoms with Gasteiger partial charge in [-0.15, -0.1) is 0 Å². The topological polar surface area (TPSA) is 67.7 Å². The molecule has 1 aromatic carbocycles. The molecule has 0 aliphatic carbocycles. The fourth-order valence-electron chi connectivity index (χ4n) is 2.67. The maximum atomic E-state index is 12.6. The van der Waals surface area contributed by atoms with E-state index in [0.717, 1.165) is 5.69 Å². The van der Waals surface area contributed by atoms with Crippen molar-refractivity contribution >= 4 is 23.6 Å². The third-order valence-electron chi connectivity index (χ3n) is 3.97. The van der Waals surface area contributed by atoms with E-state index in [1.165, 1.54) is 0 Å². The van der Waals surface area contributed by atoms with Gasteiger partial charge < -0.3 is 14.5 Å². The summed E-state index contributed by atoms with van der Waals surface area (Å²) in [6, 6.07) is 8.94. The van der Waals surface area contributed by atoms with Crippen LogP contribution in [0, 0.1) is 0 Å². The quantitative estimate of drug-likeness (QED) is 0.841. The molecule has 0 atom stereocenters. The maximum Gasteiger partial charge on any atom is 0.409 e. The van der Waals surface area contributed by atoms with Crippen molar-refractivity contribution in [2.45, 2.75) is 6.92 Å². The lowest BCUT2D eigenvalue weighted by Gasteiger charge is -2.33. The van der Waals surface area contributed by atoms with E-state index in [-0.39, 0.29) is 12.0 Å². The highest BCUT2D eigenvalue weighted by Crippen LogP contribution is 2.15. The number of benzene rings is 1. The Hall–Kier alpha value is -2.54. The van der Waals surface area contributed by atoms with Crippen LogP contribution < -0.4 is 0 Å². The van der Waals surface area contributed by atoms with Gasteiger partial charge in [0.15, 0.2) is 5.69 Å². The highest BCUT2D eigenvalue weighted by molar-refractivity contribution is 6.30. The minimum atomic E-state index is -0.333. The normalized spacial score (nSPS) is 14.5. The highest BCUT2D eigenvalue weighted by atomic mass is 35.5. The first-order valence-corrected chi connectivity index (χ1v) is 8.49. The SMILES string of the molecule is CCOC(=O)N1CCN(C(=O)c2ccn(-c3cccc(Cl)c3)n2)CC1. The zero-order valence-electron chi connectivity index (χ0n) is 13.9. The Bertz CT molecular complexity index is 769. The molecule has 0 N–H and O–H groups in total. The molecule has 2 amide bonds. The lowest BCUT2D eigenvalue weighted by Crippen LogP contribution is -2.50. The number of rotatable bonds is 3. The van der Waals surface area contributed by atoms with Gasteiger partial charge in [0.25, 0.3) is 5.91 Å². The maximum absolute atomic E-state index is 12.6. The average molecular weight is 363 g/mol. The minimum absolute atomic E-state index is 0.149. The number of amides is 2. The van der Waals surface area contributed by atoms with E-state index in [1.54, 1.807) is 45.8 Å². The summed E-state index contributed by atoms with van der Waals surface area (Å²) in [5, 5.41) is 4.95. The van der Waals surface area contributed by atoms with Gasteiger partial charge in [0.2, 0.25) is 0 Å². The Labute approximate surface area is 150 Å². The summed E-state index contributed by atoms with van der Waals surface area (Å²) >= 11 is 5.99. The van der Waals surface area contributed by atoms with E-state index < -0.39 is 0 Å². The molecule has 0 unspecified atom stereocenters. The predicted octanol–water partition coefficient (Wildman–Crippen LogP) is 2.44. The van der Waals surface area contributed by atoms with E-state index in [1.807, 2.05) is 12.1 Å². The Kier molecular flexibility index (Phi) is 5.23. The van der Waals surface area contributed by atoms with Crippen molar-refractivity contribution in [3.05, 3.63) is 47.2 Å². The number of nitrogens with zero attached hydrogens (tertiary/aromatic N) is 4. The molecular formula is C17H19ClN4O3. The van der Waals surface area contributed by atoms with Crippen molar-refractivity contribution in [3.63, 3.8) is 0 Å². The van der Waals surface area contributed by atoms with Crippen LogP contribution in [-0.2, 0) is 4.74 Å². The summed E-state index contributed by atoms with van der Waals surface area (Å²) in [5.74, 6) is -0.149. The van der Waals surface area contributed by atoms with Crippen molar-refractivity contribution in [3.8, 4) is 5.69 Å². The van der Waals surface area contributed by atoms with E-state index in [2.05, 4.69) is 5.10 Å². The molecule has 3 rings (SSSR count). The van der Waals surface area contributed by atoms with Crippen LogP contribution in [0.15, 0.2) is 36.5 Å². The standard InChI is InChI=1S/C17H19ClN4O3/c1-2-25-17(24)21-10-8-20(9-11-21)16(23)15-6-7-22(19-15)14-5-3-4-13(18)12-14/h3-7,12H,2,8-11H2,1H3. The third-order valence-corrected chi connectivity index (χ3v) is 4.21. The van der Waals surface area contributed by atoms with Gasteiger partial charge in [0, 0.05) is 37.4 Å². The van der Waals surface area contributed by atoms with Gasteiger partial charge in [-0.3, -0.25) is 4.79 Å². The second kappa shape index (κ2) is 7.57. The van der Waals surface area contributed by atoms with E-state index >= 15 is 0 Å². The molecule has 8 heteroatoms. The summed E-state index contributed by atoms with van der Waals surface area (Å²) in [6.07, 6.45) is 1.40. The molecular weight excluding hydrogens is 344 g/mol. The van der Waals surface area contributed by atoms with Gasteiger partial charge in [-0.25, -0.2) is 9.48 Å². The lowest BCUT2D eigenvalue weighted by molar-refractivity contribution is 0.0565. The van der Waals surface area contributed by atoms with Gasteiger partial charge in [-0.05, 0) is 31.2 Å². The van der Waals surface area contributed by atoms with Gasteiger partial charge in [0.05, 0.1) is 12.3 Å². The van der Waals surface area contributed by atoms with Crippen molar-refractivity contribution in [1.82, 2.24) is 19.6 Å². The monoisotopic (exact) mass is 362 g/mol. The summed E-state index contributed by atoms with van der Waals surface area (Å²) in [4.78, 5) is 27.6. The number of hydrogen-bond donors (Lipinski definition) is 0. The van der Waals surface area contributed by atoms with Crippen molar-refractivity contribution in [1.29, 1.82) is 0 Å². The smallest absolute Gasteiger partial charge is 0.409 e. The van der Waals surface area contributed by atoms with Crippen LogP contribution in [0.5, 0.6) is 0 Å². The zero-order chi connectivity index (χ0) is 17.8. The molecule has 0 radical (unpaired) electrons. The molecule has 1 fully saturated rings. The molecule has 1 aliphatic rings. The number of carbonyl (C=O) groups excluding carboxylic acids is 2. The van der Waals surface area contributed by atoms with Crippen LogP contribution in [0.4, 0.5) is 4.79 Å². The first-order valence-electron chi connectivity index (χ1n) is 8.11. The number of piperazine rings is 1. The molecule has 2 aromatic rings. The summed E-state index contributed by atoms with van der Waals surface area (Å²) in [5.41, 5.74) is 1.16. The Morgan fingerprint density at radius 3 is 2.56 bits per heavy atom. The molecule has 1 aromatic heterocycles. The molecule has 7 nitrogen and oxygen atoms in total. The van der Waals surface area contributed by atoms with Crippen LogP contribution >= 0.6 is 11.6 Å². The first-order chi connectivity index (χ1) is 12.1. The van der Waals surface area contributed by atoms with Crippen molar-refractivity contribution in [2.24, 2.45) is 0 Å². The number of hydrogen-bond acceptors (Lipinski definition) is 4. The number of ether oxygens (including phenoxy) is 1. The van der Waals surface area contributed by atoms with Gasteiger partial charge in [-0.2, -0.15) is 5.10 Å².